The van der Waals surface area contributed by atoms with Crippen molar-refractivity contribution < 1.29 is 4.79 Å². The van der Waals surface area contributed by atoms with E-state index in [2.05, 4.69) is 46.8 Å². The Morgan fingerprint density at radius 2 is 1.77 bits per heavy atom. The molecule has 2 aromatic carbocycles. The summed E-state index contributed by atoms with van der Waals surface area (Å²) in [5, 5.41) is 0. The van der Waals surface area contributed by atoms with Crippen LogP contribution >= 0.6 is 15.9 Å². The van der Waals surface area contributed by atoms with Crippen LogP contribution in [0.25, 0.3) is 6.08 Å². The van der Waals surface area contributed by atoms with Gasteiger partial charge >= 0.3 is 0 Å². The first kappa shape index (κ1) is 16.5. The highest BCUT2D eigenvalue weighted by Crippen LogP contribution is 2.16. The van der Waals surface area contributed by atoms with Gasteiger partial charge in [-0.1, -0.05) is 46.3 Å². The second-order valence-electron chi connectivity index (χ2n) is 4.97. The Bertz CT molecular complexity index is 657. The first-order chi connectivity index (χ1) is 10.6. The van der Waals surface area contributed by atoms with E-state index in [1.54, 1.807) is 6.08 Å². The average molecular weight is 358 g/mol. The van der Waals surface area contributed by atoms with Crippen molar-refractivity contribution in [2.24, 2.45) is 0 Å². The summed E-state index contributed by atoms with van der Waals surface area (Å²) in [6.45, 7) is 6.28. The minimum absolute atomic E-state index is 0.00844. The Morgan fingerprint density at radius 1 is 1.09 bits per heavy atom. The molecule has 0 aliphatic rings. The first-order valence-corrected chi connectivity index (χ1v) is 8.26. The predicted molar refractivity (Wildman–Crippen MR) is 97.5 cm³/mol. The quantitative estimate of drug-likeness (QED) is 0.523. The highest BCUT2D eigenvalue weighted by molar-refractivity contribution is 9.10. The number of hydrogen-bond donors (Lipinski definition) is 0. The molecule has 3 heteroatoms. The van der Waals surface area contributed by atoms with Crippen molar-refractivity contribution in [2.45, 2.75) is 13.8 Å². The van der Waals surface area contributed by atoms with Crippen LogP contribution in [-0.2, 0) is 0 Å². The van der Waals surface area contributed by atoms with Crippen LogP contribution in [0.3, 0.4) is 0 Å². The third-order valence-electron chi connectivity index (χ3n) is 3.56. The van der Waals surface area contributed by atoms with Crippen LogP contribution in [0.5, 0.6) is 0 Å². The summed E-state index contributed by atoms with van der Waals surface area (Å²) in [6, 6.07) is 15.7. The molecule has 0 N–H and O–H groups in total. The summed E-state index contributed by atoms with van der Waals surface area (Å²) in [5.74, 6) is 0.00844. The molecule has 0 bridgehead atoms. The first-order valence-electron chi connectivity index (χ1n) is 7.47. The number of ketones is 1. The van der Waals surface area contributed by atoms with Gasteiger partial charge in [0.1, 0.15) is 0 Å². The third-order valence-corrected chi connectivity index (χ3v) is 4.05. The van der Waals surface area contributed by atoms with E-state index < -0.39 is 0 Å². The summed E-state index contributed by atoms with van der Waals surface area (Å²) in [5.41, 5.74) is 2.92. The SMILES string of the molecule is CCN(CC)c1ccc(/C=C/C(=O)c2cccc(Br)c2)cc1. The van der Waals surface area contributed by atoms with Gasteiger partial charge in [-0.3, -0.25) is 4.79 Å². The molecule has 0 saturated heterocycles. The van der Waals surface area contributed by atoms with Gasteiger partial charge in [-0.15, -0.1) is 0 Å². The van der Waals surface area contributed by atoms with Crippen molar-refractivity contribution in [2.75, 3.05) is 18.0 Å². The predicted octanol–water partition coefficient (Wildman–Crippen LogP) is 5.19. The molecule has 22 heavy (non-hydrogen) atoms. The fourth-order valence-electron chi connectivity index (χ4n) is 2.29. The molecule has 0 unspecified atom stereocenters. The number of carbonyl (C=O) groups is 1. The molecule has 2 rings (SSSR count). The zero-order chi connectivity index (χ0) is 15.9. The number of rotatable bonds is 6. The van der Waals surface area contributed by atoms with Gasteiger partial charge in [-0.05, 0) is 49.8 Å². The van der Waals surface area contributed by atoms with Gasteiger partial charge in [0.05, 0.1) is 0 Å². The number of anilines is 1. The minimum Gasteiger partial charge on any atom is -0.372 e. The van der Waals surface area contributed by atoms with Crippen LogP contribution in [0, 0.1) is 0 Å². The second-order valence-corrected chi connectivity index (χ2v) is 5.89. The Kier molecular flexibility index (Phi) is 5.96. The van der Waals surface area contributed by atoms with E-state index >= 15 is 0 Å². The Hall–Kier alpha value is -1.87. The largest absolute Gasteiger partial charge is 0.372 e. The number of allylic oxidation sites excluding steroid dienone is 1. The maximum absolute atomic E-state index is 12.1. The number of benzene rings is 2. The van der Waals surface area contributed by atoms with E-state index in [-0.39, 0.29) is 5.78 Å². The molecule has 0 heterocycles. The minimum atomic E-state index is 0.00844. The number of nitrogens with zero attached hydrogens (tertiary/aromatic N) is 1. The maximum atomic E-state index is 12.1. The summed E-state index contributed by atoms with van der Waals surface area (Å²) >= 11 is 3.38. The van der Waals surface area contributed by atoms with E-state index in [1.807, 2.05) is 42.5 Å². The molecular weight excluding hydrogens is 338 g/mol. The van der Waals surface area contributed by atoms with Crippen LogP contribution in [0.2, 0.25) is 0 Å². The molecule has 0 aromatic heterocycles. The van der Waals surface area contributed by atoms with Gasteiger partial charge in [0.25, 0.3) is 0 Å². The lowest BCUT2D eigenvalue weighted by Gasteiger charge is -2.20. The van der Waals surface area contributed by atoms with Crippen molar-refractivity contribution in [3.8, 4) is 0 Å². The zero-order valence-electron chi connectivity index (χ0n) is 12.9. The molecule has 114 valence electrons. The lowest BCUT2D eigenvalue weighted by Crippen LogP contribution is -2.21. The molecule has 0 atom stereocenters. The number of halogens is 1. The average Bonchev–Trinajstić information content (AvgIpc) is 2.55. The van der Waals surface area contributed by atoms with Gasteiger partial charge in [0, 0.05) is 28.8 Å². The maximum Gasteiger partial charge on any atom is 0.185 e. The van der Waals surface area contributed by atoms with Crippen LogP contribution < -0.4 is 4.90 Å². The summed E-state index contributed by atoms with van der Waals surface area (Å²) in [7, 11) is 0. The molecule has 0 radical (unpaired) electrons. The van der Waals surface area contributed by atoms with E-state index in [9.17, 15) is 4.79 Å². The molecule has 0 aliphatic heterocycles. The van der Waals surface area contributed by atoms with Gasteiger partial charge in [-0.25, -0.2) is 0 Å². The van der Waals surface area contributed by atoms with Crippen molar-refractivity contribution in [1.82, 2.24) is 0 Å². The van der Waals surface area contributed by atoms with Crippen molar-refractivity contribution >= 4 is 33.5 Å². The molecule has 0 saturated carbocycles. The number of carbonyl (C=O) groups excluding carboxylic acids is 1. The molecule has 0 aliphatic carbocycles. The third kappa shape index (κ3) is 4.31. The highest BCUT2D eigenvalue weighted by atomic mass is 79.9. The van der Waals surface area contributed by atoms with Gasteiger partial charge in [0.15, 0.2) is 5.78 Å². The van der Waals surface area contributed by atoms with Crippen molar-refractivity contribution in [1.29, 1.82) is 0 Å². The fraction of sp³-hybridized carbons (Fsp3) is 0.211. The van der Waals surface area contributed by atoms with Crippen LogP contribution in [-0.4, -0.2) is 18.9 Å². The second kappa shape index (κ2) is 7.95. The van der Waals surface area contributed by atoms with E-state index in [0.717, 1.165) is 23.1 Å². The standard InChI is InChI=1S/C19H20BrNO/c1-3-21(4-2)18-11-8-15(9-12-18)10-13-19(22)16-6-5-7-17(20)14-16/h5-14H,3-4H2,1-2H3/b13-10+. The summed E-state index contributed by atoms with van der Waals surface area (Å²) in [6.07, 6.45) is 3.48. The zero-order valence-corrected chi connectivity index (χ0v) is 14.5. The van der Waals surface area contributed by atoms with Crippen LogP contribution in [0.15, 0.2) is 59.1 Å². The lowest BCUT2D eigenvalue weighted by molar-refractivity contribution is 0.104. The van der Waals surface area contributed by atoms with Gasteiger partial charge < -0.3 is 4.90 Å². The Balaban J connectivity index is 2.08. The topological polar surface area (TPSA) is 20.3 Å². The molecule has 0 fully saturated rings. The van der Waals surface area contributed by atoms with Gasteiger partial charge in [-0.2, -0.15) is 0 Å². The summed E-state index contributed by atoms with van der Waals surface area (Å²) < 4.78 is 0.912. The van der Waals surface area contributed by atoms with E-state index in [1.165, 1.54) is 5.69 Å². The Labute approximate surface area is 140 Å². The smallest absolute Gasteiger partial charge is 0.185 e. The lowest BCUT2D eigenvalue weighted by atomic mass is 10.1. The molecule has 2 aromatic rings. The van der Waals surface area contributed by atoms with Crippen molar-refractivity contribution in [3.63, 3.8) is 0 Å². The number of hydrogen-bond acceptors (Lipinski definition) is 2. The molecule has 0 spiro atoms. The fourth-order valence-corrected chi connectivity index (χ4v) is 2.69. The normalized spacial score (nSPS) is 10.9. The molecular formula is C19H20BrNO. The monoisotopic (exact) mass is 357 g/mol. The Morgan fingerprint density at radius 3 is 2.36 bits per heavy atom. The van der Waals surface area contributed by atoms with Crippen LogP contribution in [0.1, 0.15) is 29.8 Å². The molecule has 0 amide bonds. The van der Waals surface area contributed by atoms with Gasteiger partial charge in [0.2, 0.25) is 0 Å². The van der Waals surface area contributed by atoms with E-state index in [4.69, 9.17) is 0 Å². The van der Waals surface area contributed by atoms with Crippen LogP contribution in [0.4, 0.5) is 5.69 Å². The van der Waals surface area contributed by atoms with Crippen molar-refractivity contribution in [3.05, 3.63) is 70.2 Å². The van der Waals surface area contributed by atoms with E-state index in [0.29, 0.717) is 5.56 Å². The summed E-state index contributed by atoms with van der Waals surface area (Å²) in [4.78, 5) is 14.4. The highest BCUT2D eigenvalue weighted by Gasteiger charge is 2.03. The molecule has 2 nitrogen and oxygen atoms in total.